The molecular weight excluding hydrogens is 455 g/mol. The normalized spacial score (nSPS) is 11.4. The van der Waals surface area contributed by atoms with E-state index in [0.717, 1.165) is 22.0 Å². The molecule has 1 amide bonds. The fourth-order valence-corrected chi connectivity index (χ4v) is 4.73. The van der Waals surface area contributed by atoms with E-state index >= 15 is 0 Å². The van der Waals surface area contributed by atoms with Crippen LogP contribution < -0.4 is 10.1 Å². The zero-order valence-electron chi connectivity index (χ0n) is 17.3. The van der Waals surface area contributed by atoms with Crippen LogP contribution in [0.3, 0.4) is 0 Å². The maximum Gasteiger partial charge on any atom is 0.246 e. The molecule has 32 heavy (non-hydrogen) atoms. The lowest BCUT2D eigenvalue weighted by Gasteiger charge is -2.23. The van der Waals surface area contributed by atoms with Gasteiger partial charge in [-0.05, 0) is 29.8 Å². The molecule has 0 saturated heterocycles. The minimum atomic E-state index is -4.32. The van der Waals surface area contributed by atoms with Crippen LogP contribution in [-0.4, -0.2) is 32.3 Å². The third-order valence-electron chi connectivity index (χ3n) is 4.75. The molecule has 3 rings (SSSR count). The molecule has 3 aromatic rings. The van der Waals surface area contributed by atoms with Gasteiger partial charge in [0.05, 0.1) is 13.7 Å². The molecule has 0 aliphatic heterocycles. The van der Waals surface area contributed by atoms with E-state index in [4.69, 9.17) is 16.3 Å². The third-order valence-corrected chi connectivity index (χ3v) is 6.94. The van der Waals surface area contributed by atoms with Crippen molar-refractivity contribution in [3.63, 3.8) is 0 Å². The minimum absolute atomic E-state index is 0.141. The molecule has 0 aliphatic carbocycles. The number of halogens is 2. The van der Waals surface area contributed by atoms with Crippen molar-refractivity contribution in [2.75, 3.05) is 13.7 Å². The van der Waals surface area contributed by atoms with E-state index in [1.165, 1.54) is 19.2 Å². The lowest BCUT2D eigenvalue weighted by Crippen LogP contribution is -2.40. The van der Waals surface area contributed by atoms with E-state index in [1.807, 2.05) is 0 Å². The quantitative estimate of drug-likeness (QED) is 0.506. The van der Waals surface area contributed by atoms with Crippen LogP contribution in [0.5, 0.6) is 5.75 Å². The van der Waals surface area contributed by atoms with Crippen LogP contribution in [0.2, 0.25) is 5.02 Å². The number of nitrogens with one attached hydrogen (secondary N) is 1. The molecule has 0 unspecified atom stereocenters. The van der Waals surface area contributed by atoms with Crippen molar-refractivity contribution >= 4 is 27.5 Å². The number of rotatable bonds is 9. The van der Waals surface area contributed by atoms with Crippen molar-refractivity contribution in [3.05, 3.63) is 94.8 Å². The van der Waals surface area contributed by atoms with Gasteiger partial charge in [0.2, 0.25) is 15.9 Å². The van der Waals surface area contributed by atoms with Crippen LogP contribution in [0.1, 0.15) is 11.1 Å². The lowest BCUT2D eigenvalue weighted by molar-refractivity contribution is -0.121. The minimum Gasteiger partial charge on any atom is -0.496 e. The fraction of sp³-hybridized carbons (Fsp3) is 0.174. The SMILES string of the molecule is COc1ccccc1CNC(=O)CN(Cc1ccccc1Cl)S(=O)(=O)c1ccccc1F. The molecule has 0 radical (unpaired) electrons. The van der Waals surface area contributed by atoms with E-state index in [9.17, 15) is 17.6 Å². The van der Waals surface area contributed by atoms with Gasteiger partial charge in [-0.15, -0.1) is 0 Å². The lowest BCUT2D eigenvalue weighted by atomic mass is 10.2. The molecule has 0 fully saturated rings. The number of nitrogens with zero attached hydrogens (tertiary/aromatic N) is 1. The van der Waals surface area contributed by atoms with E-state index in [-0.39, 0.29) is 13.1 Å². The first-order valence-corrected chi connectivity index (χ1v) is 11.5. The number of methoxy groups -OCH3 is 1. The van der Waals surface area contributed by atoms with Crippen molar-refractivity contribution in [3.8, 4) is 5.75 Å². The Balaban J connectivity index is 1.84. The summed E-state index contributed by atoms with van der Waals surface area (Å²) in [7, 11) is -2.80. The first-order chi connectivity index (χ1) is 15.3. The second-order valence-corrected chi connectivity index (χ2v) is 9.20. The molecular formula is C23H22ClFN2O4S. The maximum absolute atomic E-state index is 14.3. The van der Waals surface area contributed by atoms with E-state index in [2.05, 4.69) is 5.32 Å². The van der Waals surface area contributed by atoms with Crippen molar-refractivity contribution in [2.45, 2.75) is 18.0 Å². The predicted molar refractivity (Wildman–Crippen MR) is 120 cm³/mol. The van der Waals surface area contributed by atoms with Crippen LogP contribution >= 0.6 is 11.6 Å². The highest BCUT2D eigenvalue weighted by molar-refractivity contribution is 7.89. The van der Waals surface area contributed by atoms with Crippen molar-refractivity contribution in [1.29, 1.82) is 0 Å². The topological polar surface area (TPSA) is 75.7 Å². The zero-order valence-corrected chi connectivity index (χ0v) is 18.9. The van der Waals surface area contributed by atoms with Gasteiger partial charge in [-0.3, -0.25) is 4.79 Å². The number of carbonyl (C=O) groups is 1. The molecule has 0 saturated carbocycles. The van der Waals surface area contributed by atoms with Crippen molar-refractivity contribution < 1.29 is 22.3 Å². The summed E-state index contributed by atoms with van der Waals surface area (Å²) in [5, 5.41) is 3.03. The smallest absolute Gasteiger partial charge is 0.246 e. The third kappa shape index (κ3) is 5.64. The van der Waals surface area contributed by atoms with Gasteiger partial charge in [0.15, 0.2) is 0 Å². The van der Waals surface area contributed by atoms with Crippen molar-refractivity contribution in [1.82, 2.24) is 9.62 Å². The largest absolute Gasteiger partial charge is 0.496 e. The highest BCUT2D eigenvalue weighted by Crippen LogP contribution is 2.24. The highest BCUT2D eigenvalue weighted by Gasteiger charge is 2.29. The van der Waals surface area contributed by atoms with Gasteiger partial charge in [0, 0.05) is 23.7 Å². The number of hydrogen-bond donors (Lipinski definition) is 1. The Bertz CT molecular complexity index is 1200. The first kappa shape index (κ1) is 23.7. The summed E-state index contributed by atoms with van der Waals surface area (Å²) in [5.74, 6) is -0.853. The Labute approximate surface area is 191 Å². The Morgan fingerprint density at radius 2 is 1.62 bits per heavy atom. The van der Waals surface area contributed by atoms with Gasteiger partial charge in [-0.2, -0.15) is 4.31 Å². The number of benzene rings is 3. The molecule has 1 N–H and O–H groups in total. The molecule has 6 nitrogen and oxygen atoms in total. The van der Waals surface area contributed by atoms with Gasteiger partial charge in [0.1, 0.15) is 16.5 Å². The summed E-state index contributed by atoms with van der Waals surface area (Å²) in [4.78, 5) is 12.2. The first-order valence-electron chi connectivity index (χ1n) is 9.69. The summed E-state index contributed by atoms with van der Waals surface area (Å²) < 4.78 is 46.9. The average Bonchev–Trinajstić information content (AvgIpc) is 2.79. The monoisotopic (exact) mass is 476 g/mol. The number of sulfonamides is 1. The summed E-state index contributed by atoms with van der Waals surface area (Å²) in [6.45, 7) is -0.571. The van der Waals surface area contributed by atoms with Gasteiger partial charge in [-0.1, -0.05) is 60.1 Å². The van der Waals surface area contributed by atoms with Crippen LogP contribution in [0.15, 0.2) is 77.7 Å². The van der Waals surface area contributed by atoms with E-state index in [1.54, 1.807) is 48.5 Å². The number of ether oxygens (including phenoxy) is 1. The van der Waals surface area contributed by atoms with Crippen molar-refractivity contribution in [2.24, 2.45) is 0 Å². The molecule has 0 atom stereocenters. The summed E-state index contributed by atoms with van der Waals surface area (Å²) in [6.07, 6.45) is 0. The highest BCUT2D eigenvalue weighted by atomic mass is 35.5. The summed E-state index contributed by atoms with van der Waals surface area (Å²) >= 11 is 6.20. The Kier molecular flexibility index (Phi) is 7.84. The number of carbonyl (C=O) groups excluding carboxylic acids is 1. The maximum atomic E-state index is 14.3. The van der Waals surface area contributed by atoms with Gasteiger partial charge in [0.25, 0.3) is 0 Å². The Morgan fingerprint density at radius 1 is 1.00 bits per heavy atom. The molecule has 0 spiro atoms. The van der Waals surface area contributed by atoms with Gasteiger partial charge >= 0.3 is 0 Å². The molecule has 9 heteroatoms. The average molecular weight is 477 g/mol. The molecule has 3 aromatic carbocycles. The summed E-state index contributed by atoms with van der Waals surface area (Å²) in [6, 6.07) is 18.9. The Hall–Kier alpha value is -2.94. The second kappa shape index (κ2) is 10.6. The zero-order chi connectivity index (χ0) is 23.1. The summed E-state index contributed by atoms with van der Waals surface area (Å²) in [5.41, 5.74) is 1.23. The molecule has 0 aliphatic rings. The predicted octanol–water partition coefficient (Wildman–Crippen LogP) is 4.00. The molecule has 0 aromatic heterocycles. The standard InChI is InChI=1S/C23H22ClFN2O4S/c1-31-21-12-6-3-8-17(21)14-26-23(28)16-27(15-18-9-2-4-10-19(18)24)32(29,30)22-13-7-5-11-20(22)25/h2-13H,14-16H2,1H3,(H,26,28). The number of amides is 1. The molecule has 0 bridgehead atoms. The molecule has 0 heterocycles. The van der Waals surface area contributed by atoms with E-state index < -0.39 is 33.2 Å². The van der Waals surface area contributed by atoms with Crippen LogP contribution in [0, 0.1) is 5.82 Å². The number of para-hydroxylation sites is 1. The second-order valence-electron chi connectivity index (χ2n) is 6.88. The Morgan fingerprint density at radius 3 is 2.31 bits per heavy atom. The number of hydrogen-bond acceptors (Lipinski definition) is 4. The van der Waals surface area contributed by atoms with Crippen LogP contribution in [0.4, 0.5) is 4.39 Å². The van der Waals surface area contributed by atoms with Crippen LogP contribution in [0.25, 0.3) is 0 Å². The molecule has 168 valence electrons. The van der Waals surface area contributed by atoms with Gasteiger partial charge in [-0.25, -0.2) is 12.8 Å². The van der Waals surface area contributed by atoms with Crippen LogP contribution in [-0.2, 0) is 27.9 Å². The van der Waals surface area contributed by atoms with Gasteiger partial charge < -0.3 is 10.1 Å². The van der Waals surface area contributed by atoms with E-state index in [0.29, 0.717) is 16.3 Å². The fourth-order valence-electron chi connectivity index (χ4n) is 3.09.